The van der Waals surface area contributed by atoms with Crippen LogP contribution in [0.25, 0.3) is 0 Å². The second kappa shape index (κ2) is 9.88. The number of rotatable bonds is 6. The van der Waals surface area contributed by atoms with Gasteiger partial charge >= 0.3 is 0 Å². The lowest BCUT2D eigenvalue weighted by molar-refractivity contribution is 0.475. The largest absolute Gasteiger partial charge is 0.355 e. The fourth-order valence-corrected chi connectivity index (χ4v) is 4.23. The van der Waals surface area contributed by atoms with E-state index in [4.69, 9.17) is 4.98 Å². The van der Waals surface area contributed by atoms with Gasteiger partial charge in [-0.2, -0.15) is 0 Å². The first-order valence-electron chi connectivity index (χ1n) is 7.73. The van der Waals surface area contributed by atoms with Gasteiger partial charge in [0.1, 0.15) is 5.01 Å². The van der Waals surface area contributed by atoms with E-state index in [1.165, 1.54) is 23.4 Å². The quantitative estimate of drug-likeness (QED) is 0.273. The molecule has 0 spiro atoms. The van der Waals surface area contributed by atoms with Crippen molar-refractivity contribution in [2.75, 3.05) is 33.4 Å². The Bertz CT molecular complexity index is 637. The third kappa shape index (κ3) is 6.81. The summed E-state index contributed by atoms with van der Waals surface area (Å²) in [7, 11) is 0.525. The molecule has 7 nitrogen and oxygen atoms in total. The van der Waals surface area contributed by atoms with E-state index < -0.39 is 10.0 Å². The Morgan fingerprint density at radius 1 is 1.33 bits per heavy atom. The van der Waals surface area contributed by atoms with Crippen LogP contribution >= 0.6 is 35.3 Å². The molecule has 24 heavy (non-hydrogen) atoms. The summed E-state index contributed by atoms with van der Waals surface area (Å²) >= 11 is 1.80. The molecule has 0 amide bonds. The summed E-state index contributed by atoms with van der Waals surface area (Å²) in [5, 5.41) is 4.26. The Hall–Kier alpha value is -0.460. The van der Waals surface area contributed by atoms with Crippen LogP contribution < -0.4 is 10.0 Å². The fraction of sp³-hybridized carbons (Fsp3) is 0.714. The molecule has 1 heterocycles. The minimum Gasteiger partial charge on any atom is -0.355 e. The molecule has 0 aromatic carbocycles. The van der Waals surface area contributed by atoms with Crippen molar-refractivity contribution < 1.29 is 8.42 Å². The highest BCUT2D eigenvalue weighted by Gasteiger charge is 2.16. The molecule has 1 aromatic rings. The van der Waals surface area contributed by atoms with Crippen LogP contribution in [0.5, 0.6) is 0 Å². The molecule has 1 aliphatic carbocycles. The van der Waals surface area contributed by atoms with Gasteiger partial charge in [0.25, 0.3) is 0 Å². The van der Waals surface area contributed by atoms with Gasteiger partial charge in [-0.3, -0.25) is 4.99 Å². The number of aryl methyl sites for hydroxylation is 2. The van der Waals surface area contributed by atoms with Gasteiger partial charge in [0.2, 0.25) is 10.0 Å². The third-order valence-corrected chi connectivity index (χ3v) is 5.48. The molecule has 0 saturated heterocycles. The van der Waals surface area contributed by atoms with Crippen LogP contribution in [0.15, 0.2) is 4.99 Å². The van der Waals surface area contributed by atoms with Crippen LogP contribution in [0, 0.1) is 0 Å². The third-order valence-electron chi connectivity index (χ3n) is 3.61. The second-order valence-corrected chi connectivity index (χ2v) is 8.68. The van der Waals surface area contributed by atoms with Crippen LogP contribution in [-0.4, -0.2) is 57.7 Å². The normalized spacial score (nSPS) is 14.7. The van der Waals surface area contributed by atoms with Crippen molar-refractivity contribution in [1.29, 1.82) is 0 Å². The van der Waals surface area contributed by atoms with Crippen molar-refractivity contribution in [3.05, 3.63) is 15.6 Å². The number of nitrogens with zero attached hydrogens (tertiary/aromatic N) is 3. The monoisotopic (exact) mass is 487 g/mol. The average molecular weight is 487 g/mol. The minimum absolute atomic E-state index is 0. The number of aliphatic imine (C=N–C) groups is 1. The predicted octanol–water partition coefficient (Wildman–Crippen LogP) is 1.20. The Kier molecular flexibility index (Phi) is 8.88. The van der Waals surface area contributed by atoms with E-state index in [9.17, 15) is 8.42 Å². The number of sulfonamides is 1. The summed E-state index contributed by atoms with van der Waals surface area (Å²) < 4.78 is 24.5. The molecule has 2 rings (SSSR count). The smallest absolute Gasteiger partial charge is 0.208 e. The first-order chi connectivity index (χ1) is 10.9. The van der Waals surface area contributed by atoms with Crippen LogP contribution in [-0.2, 0) is 29.4 Å². The van der Waals surface area contributed by atoms with Gasteiger partial charge in [0, 0.05) is 32.1 Å². The lowest BCUT2D eigenvalue weighted by Gasteiger charge is -2.21. The first-order valence-corrected chi connectivity index (χ1v) is 10.4. The molecule has 0 atom stereocenters. The van der Waals surface area contributed by atoms with Gasteiger partial charge in [-0.15, -0.1) is 35.3 Å². The molecule has 0 unspecified atom stereocenters. The zero-order valence-corrected chi connectivity index (χ0v) is 18.3. The predicted molar refractivity (Wildman–Crippen MR) is 110 cm³/mol. The van der Waals surface area contributed by atoms with Gasteiger partial charge in [-0.1, -0.05) is 0 Å². The number of hydrogen-bond acceptors (Lipinski definition) is 5. The molecule has 10 heteroatoms. The zero-order chi connectivity index (χ0) is 16.9. The highest BCUT2D eigenvalue weighted by atomic mass is 127. The van der Waals surface area contributed by atoms with Crippen LogP contribution in [0.1, 0.15) is 28.4 Å². The summed E-state index contributed by atoms with van der Waals surface area (Å²) in [4.78, 5) is 12.4. The molecule has 1 aliphatic rings. The molecule has 138 valence electrons. The van der Waals surface area contributed by atoms with Gasteiger partial charge < -0.3 is 10.2 Å². The lowest BCUT2D eigenvalue weighted by atomic mass is 10.0. The highest BCUT2D eigenvalue weighted by Crippen LogP contribution is 2.27. The SMILES string of the molecule is CN=C(NCCNS(C)(=O)=O)N(C)Cc1nc2c(s1)CCCC2.I. The van der Waals surface area contributed by atoms with Crippen molar-refractivity contribution in [2.45, 2.75) is 32.2 Å². The Morgan fingerprint density at radius 3 is 2.67 bits per heavy atom. The maximum atomic E-state index is 11.0. The van der Waals surface area contributed by atoms with Crippen molar-refractivity contribution in [1.82, 2.24) is 19.9 Å². The summed E-state index contributed by atoms with van der Waals surface area (Å²) in [6, 6.07) is 0. The fourth-order valence-electron chi connectivity index (χ4n) is 2.55. The van der Waals surface area contributed by atoms with Crippen molar-refractivity contribution >= 4 is 51.3 Å². The van der Waals surface area contributed by atoms with Crippen molar-refractivity contribution in [3.63, 3.8) is 0 Å². The summed E-state index contributed by atoms with van der Waals surface area (Å²) in [6.45, 7) is 1.52. The van der Waals surface area contributed by atoms with Crippen molar-refractivity contribution in [3.8, 4) is 0 Å². The zero-order valence-electron chi connectivity index (χ0n) is 14.3. The molecule has 0 radical (unpaired) electrons. The number of hydrogen-bond donors (Lipinski definition) is 2. The van der Waals surface area contributed by atoms with E-state index in [1.807, 2.05) is 11.9 Å². The van der Waals surface area contributed by atoms with Crippen LogP contribution in [0.3, 0.4) is 0 Å². The second-order valence-electron chi connectivity index (χ2n) is 5.68. The van der Waals surface area contributed by atoms with Gasteiger partial charge in [-0.05, 0) is 25.7 Å². The van der Waals surface area contributed by atoms with E-state index in [2.05, 4.69) is 15.0 Å². The van der Waals surface area contributed by atoms with Gasteiger partial charge in [0.05, 0.1) is 18.5 Å². The lowest BCUT2D eigenvalue weighted by Crippen LogP contribution is -2.42. The van der Waals surface area contributed by atoms with Gasteiger partial charge in [-0.25, -0.2) is 18.1 Å². The standard InChI is InChI=1S/C14H25N5O2S2.HI/c1-15-14(16-8-9-17-23(3,20)21)19(2)10-13-18-11-6-4-5-7-12(11)22-13;/h17H,4-10H2,1-3H3,(H,15,16);1H. The van der Waals surface area contributed by atoms with Gasteiger partial charge in [0.15, 0.2) is 5.96 Å². The molecule has 0 aliphatic heterocycles. The maximum absolute atomic E-state index is 11.0. The van der Waals surface area contributed by atoms with Crippen LogP contribution in [0.2, 0.25) is 0 Å². The Morgan fingerprint density at radius 2 is 2.04 bits per heavy atom. The van der Waals surface area contributed by atoms with E-state index >= 15 is 0 Å². The number of fused-ring (bicyclic) bond motifs is 1. The molecule has 1 aromatic heterocycles. The molecule has 2 N–H and O–H groups in total. The van der Waals surface area contributed by atoms with E-state index in [0.29, 0.717) is 19.6 Å². The summed E-state index contributed by atoms with van der Waals surface area (Å²) in [5.74, 6) is 0.730. The minimum atomic E-state index is -3.15. The number of guanidine groups is 1. The molecular weight excluding hydrogens is 461 g/mol. The number of nitrogens with one attached hydrogen (secondary N) is 2. The molecular formula is C14H26IN5O2S2. The molecule has 0 fully saturated rings. The van der Waals surface area contributed by atoms with Crippen molar-refractivity contribution in [2.24, 2.45) is 4.99 Å². The maximum Gasteiger partial charge on any atom is 0.208 e. The summed E-state index contributed by atoms with van der Waals surface area (Å²) in [6.07, 6.45) is 5.91. The summed E-state index contributed by atoms with van der Waals surface area (Å²) in [5.41, 5.74) is 1.27. The molecule has 0 bridgehead atoms. The van der Waals surface area contributed by atoms with E-state index in [0.717, 1.165) is 30.1 Å². The number of thiazole rings is 1. The van der Waals surface area contributed by atoms with E-state index in [1.54, 1.807) is 18.4 Å². The van der Waals surface area contributed by atoms with E-state index in [-0.39, 0.29) is 24.0 Å². The number of halogens is 1. The highest BCUT2D eigenvalue weighted by molar-refractivity contribution is 14.0. The van der Waals surface area contributed by atoms with Crippen LogP contribution in [0.4, 0.5) is 0 Å². The Labute approximate surface area is 165 Å². The first kappa shape index (κ1) is 21.6. The number of aromatic nitrogens is 1. The average Bonchev–Trinajstić information content (AvgIpc) is 2.88. The Balaban J connectivity index is 0.00000288. The molecule has 0 saturated carbocycles. The topological polar surface area (TPSA) is 86.7 Å².